The van der Waals surface area contributed by atoms with Crippen molar-refractivity contribution in [3.05, 3.63) is 23.5 Å². The summed E-state index contributed by atoms with van der Waals surface area (Å²) in [6.07, 6.45) is -5.12. The highest BCUT2D eigenvalue weighted by Gasteiger charge is 2.57. The molecule has 2 unspecified atom stereocenters. The SMILES string of the molecule is COC(C)(C)C(=O)N/C(=N/C=N)c1ccc([C@]2(C#N)O[C@H](COP(=O)(O)OP(=O)(O)OP(=O)(O)O)[C@@H](O)[C@H]2O)[nH]1. The molecule has 1 aromatic rings. The zero-order valence-electron chi connectivity index (χ0n) is 20.8. The number of aliphatic hydroxyl groups is 2. The Morgan fingerprint density at radius 3 is 2.40 bits per heavy atom. The first-order valence-electron chi connectivity index (χ1n) is 10.6. The number of methoxy groups -OCH3 is 1. The van der Waals surface area contributed by atoms with E-state index in [2.05, 4.69) is 28.4 Å². The molecule has 2 heterocycles. The van der Waals surface area contributed by atoms with Crippen LogP contribution in [0.4, 0.5) is 0 Å². The number of amidine groups is 1. The lowest BCUT2D eigenvalue weighted by Gasteiger charge is -2.24. The highest BCUT2D eigenvalue weighted by molar-refractivity contribution is 7.66. The lowest BCUT2D eigenvalue weighted by Crippen LogP contribution is -2.46. The van der Waals surface area contributed by atoms with Crippen LogP contribution in [0.15, 0.2) is 17.1 Å². The van der Waals surface area contributed by atoms with E-state index in [1.165, 1.54) is 33.1 Å². The Kier molecular flexibility index (Phi) is 10.5. The molecule has 40 heavy (non-hydrogen) atoms. The quantitative estimate of drug-likeness (QED) is 0.0764. The number of nitrogens with one attached hydrogen (secondary N) is 3. The Balaban J connectivity index is 2.26. The van der Waals surface area contributed by atoms with Gasteiger partial charge in [-0.1, -0.05) is 0 Å². The molecule has 0 radical (unpaired) electrons. The lowest BCUT2D eigenvalue weighted by atomic mass is 9.93. The van der Waals surface area contributed by atoms with Crippen molar-refractivity contribution in [1.29, 1.82) is 10.7 Å². The molecule has 23 heteroatoms. The van der Waals surface area contributed by atoms with E-state index in [0.29, 0.717) is 6.34 Å². The molecule has 1 amide bonds. The molecule has 9 N–H and O–H groups in total. The standard InChI is InChI=1S/C17H26N5O15P3/c1-16(2,33-3)15(25)22-14(20-8-19)9-4-5-11(21-9)17(7-18)13(24)12(23)10(35-17)6-34-39(29,30)37-40(31,32)36-38(26,27)28/h4-5,8,10,12-13,21,23-24H,6H2,1-3H3,(H,29,30)(H,31,32)(H2,26,27,28)(H2,19,20,22,25)/t10-,12-,13-,17+/m1/s1. The maximum Gasteiger partial charge on any atom is 0.490 e. The maximum absolute atomic E-state index is 12.5. The van der Waals surface area contributed by atoms with Crippen molar-refractivity contribution in [3.8, 4) is 6.07 Å². The number of aromatic nitrogens is 1. The van der Waals surface area contributed by atoms with E-state index in [-0.39, 0.29) is 17.2 Å². The van der Waals surface area contributed by atoms with Crippen molar-refractivity contribution in [2.45, 2.75) is 43.4 Å². The van der Waals surface area contributed by atoms with Gasteiger partial charge in [0.05, 0.1) is 18.0 Å². The third-order valence-electron chi connectivity index (χ3n) is 5.27. The number of nitriles is 1. The first-order valence-corrected chi connectivity index (χ1v) is 15.1. The van der Waals surface area contributed by atoms with Gasteiger partial charge in [-0.15, -0.1) is 0 Å². The molecular formula is C17H26N5O15P3. The highest BCUT2D eigenvalue weighted by Crippen LogP contribution is 2.66. The minimum Gasteiger partial charge on any atom is -0.387 e. The molecule has 6 atom stereocenters. The molecule has 0 aliphatic carbocycles. The van der Waals surface area contributed by atoms with E-state index in [4.69, 9.17) is 24.7 Å². The Labute approximate surface area is 225 Å². The summed E-state index contributed by atoms with van der Waals surface area (Å²) >= 11 is 0. The molecule has 1 aromatic heterocycles. The Morgan fingerprint density at radius 1 is 1.25 bits per heavy atom. The number of aliphatic hydroxyl groups excluding tert-OH is 2. The first kappa shape index (κ1) is 34.0. The second kappa shape index (κ2) is 12.4. The normalized spacial score (nSPS) is 26.9. The third-order valence-corrected chi connectivity index (χ3v) is 9.07. The van der Waals surface area contributed by atoms with Gasteiger partial charge in [-0.25, -0.2) is 18.7 Å². The number of phosphoric ester groups is 1. The molecule has 0 spiro atoms. The molecule has 2 rings (SSSR count). The smallest absolute Gasteiger partial charge is 0.387 e. The van der Waals surface area contributed by atoms with Gasteiger partial charge in [0.25, 0.3) is 5.91 Å². The molecule has 1 aliphatic rings. The molecule has 0 aromatic carbocycles. The molecule has 1 fully saturated rings. The van der Waals surface area contributed by atoms with Gasteiger partial charge < -0.3 is 49.6 Å². The van der Waals surface area contributed by atoms with Gasteiger partial charge in [0.1, 0.15) is 36.3 Å². The van der Waals surface area contributed by atoms with Crippen molar-refractivity contribution in [3.63, 3.8) is 0 Å². The van der Waals surface area contributed by atoms with Crippen LogP contribution in [-0.4, -0.2) is 90.5 Å². The number of carbonyl (C=O) groups is 1. The predicted octanol–water partition coefficient (Wildman–Crippen LogP) is -0.908. The van der Waals surface area contributed by atoms with Crippen LogP contribution in [0.3, 0.4) is 0 Å². The Hall–Kier alpha value is -2.17. The third kappa shape index (κ3) is 8.19. The van der Waals surface area contributed by atoms with Crippen molar-refractivity contribution >= 4 is 41.5 Å². The van der Waals surface area contributed by atoms with Crippen LogP contribution in [0.5, 0.6) is 0 Å². The van der Waals surface area contributed by atoms with Crippen molar-refractivity contribution in [2.24, 2.45) is 4.99 Å². The second-order valence-electron chi connectivity index (χ2n) is 8.39. The minimum atomic E-state index is -5.82. The minimum absolute atomic E-state index is 0.0235. The fourth-order valence-electron chi connectivity index (χ4n) is 3.14. The average Bonchev–Trinajstić information content (AvgIpc) is 3.40. The molecule has 224 valence electrons. The average molecular weight is 633 g/mol. The van der Waals surface area contributed by atoms with Crippen LogP contribution in [0.2, 0.25) is 0 Å². The number of hydrogen-bond donors (Lipinski definition) is 9. The van der Waals surface area contributed by atoms with E-state index in [1.54, 1.807) is 6.07 Å². The fourth-order valence-corrected chi connectivity index (χ4v) is 6.17. The number of rotatable bonds is 12. The zero-order valence-corrected chi connectivity index (χ0v) is 23.4. The summed E-state index contributed by atoms with van der Waals surface area (Å²) in [7, 11) is -15.8. The van der Waals surface area contributed by atoms with Gasteiger partial charge in [0.15, 0.2) is 5.84 Å². The summed E-state index contributed by atoms with van der Waals surface area (Å²) in [5.74, 6) is -0.845. The summed E-state index contributed by atoms with van der Waals surface area (Å²) in [5.41, 5.74) is -3.84. The van der Waals surface area contributed by atoms with Crippen LogP contribution >= 0.6 is 23.5 Å². The zero-order chi connectivity index (χ0) is 30.7. The number of aliphatic imine (C=N–C) groups is 1. The van der Waals surface area contributed by atoms with E-state index in [9.17, 15) is 43.8 Å². The summed E-state index contributed by atoms with van der Waals surface area (Å²) < 4.78 is 56.3. The summed E-state index contributed by atoms with van der Waals surface area (Å²) in [4.78, 5) is 54.9. The van der Waals surface area contributed by atoms with Gasteiger partial charge in [0, 0.05) is 7.11 Å². The number of phosphoric acid groups is 3. The predicted molar refractivity (Wildman–Crippen MR) is 129 cm³/mol. The summed E-state index contributed by atoms with van der Waals surface area (Å²) in [5, 5.41) is 40.6. The molecule has 0 bridgehead atoms. The lowest BCUT2D eigenvalue weighted by molar-refractivity contribution is -0.137. The molecule has 0 saturated carbocycles. The molecule has 1 saturated heterocycles. The number of ether oxygens (including phenoxy) is 2. The highest BCUT2D eigenvalue weighted by atomic mass is 31.3. The van der Waals surface area contributed by atoms with Gasteiger partial charge >= 0.3 is 23.5 Å². The largest absolute Gasteiger partial charge is 0.490 e. The number of H-pyrrole nitrogens is 1. The number of carbonyl (C=O) groups excluding carboxylic acids is 1. The van der Waals surface area contributed by atoms with Gasteiger partial charge in [-0.05, 0) is 26.0 Å². The number of nitrogens with zero attached hydrogens (tertiary/aromatic N) is 2. The van der Waals surface area contributed by atoms with Crippen LogP contribution in [0.1, 0.15) is 25.2 Å². The van der Waals surface area contributed by atoms with Crippen molar-refractivity contribution < 1.29 is 70.9 Å². The number of aromatic amines is 1. The van der Waals surface area contributed by atoms with Gasteiger partial charge in [-0.3, -0.25) is 14.7 Å². The van der Waals surface area contributed by atoms with E-state index in [1.807, 2.05) is 0 Å². The Morgan fingerprint density at radius 2 is 1.88 bits per heavy atom. The molecule has 20 nitrogen and oxygen atoms in total. The topological polar surface area (TPSA) is 324 Å². The maximum atomic E-state index is 12.5. The van der Waals surface area contributed by atoms with Crippen LogP contribution in [0, 0.1) is 16.7 Å². The number of hydrogen-bond acceptors (Lipinski definition) is 13. The van der Waals surface area contributed by atoms with E-state index in [0.717, 1.165) is 0 Å². The van der Waals surface area contributed by atoms with Crippen molar-refractivity contribution in [1.82, 2.24) is 10.3 Å². The van der Waals surface area contributed by atoms with E-state index >= 15 is 0 Å². The van der Waals surface area contributed by atoms with Crippen molar-refractivity contribution in [2.75, 3.05) is 13.7 Å². The second-order valence-corrected chi connectivity index (χ2v) is 12.8. The first-order chi connectivity index (χ1) is 18.2. The molecule has 1 aliphatic heterocycles. The van der Waals surface area contributed by atoms with E-state index < -0.39 is 65.5 Å². The van der Waals surface area contributed by atoms with Gasteiger partial charge in [0.2, 0.25) is 5.60 Å². The summed E-state index contributed by atoms with van der Waals surface area (Å²) in [6, 6.07) is 4.16. The van der Waals surface area contributed by atoms with Gasteiger partial charge in [-0.2, -0.15) is 13.9 Å². The van der Waals surface area contributed by atoms with Crippen LogP contribution in [-0.2, 0) is 46.7 Å². The molecular weight excluding hydrogens is 607 g/mol. The Bertz CT molecular complexity index is 1340. The summed E-state index contributed by atoms with van der Waals surface area (Å²) in [6.45, 7) is 1.77. The van der Waals surface area contributed by atoms with Crippen LogP contribution < -0.4 is 5.32 Å². The monoisotopic (exact) mass is 633 g/mol. The number of amides is 1. The van der Waals surface area contributed by atoms with Crippen LogP contribution in [0.25, 0.3) is 0 Å². The fraction of sp³-hybridized carbons (Fsp3) is 0.529.